The van der Waals surface area contributed by atoms with E-state index in [0.717, 1.165) is 32.5 Å². The molecule has 0 aromatic heterocycles. The second-order valence-corrected chi connectivity index (χ2v) is 7.05. The number of amides is 1. The van der Waals surface area contributed by atoms with Crippen molar-refractivity contribution in [2.45, 2.75) is 77.4 Å². The average molecular weight is 296 g/mol. The number of rotatable bonds is 5. The first-order chi connectivity index (χ1) is 10.1. The summed E-state index contributed by atoms with van der Waals surface area (Å²) in [4.78, 5) is 14.8. The maximum atomic E-state index is 12.4. The Kier molecular flexibility index (Phi) is 6.49. The predicted octanol–water partition coefficient (Wildman–Crippen LogP) is 2.57. The molecule has 0 aromatic rings. The number of carbonyl (C=O) groups excluding carboxylic acids is 1. The molecule has 2 rings (SSSR count). The first-order valence-corrected chi connectivity index (χ1v) is 8.70. The van der Waals surface area contributed by atoms with Gasteiger partial charge >= 0.3 is 0 Å². The highest BCUT2D eigenvalue weighted by molar-refractivity contribution is 5.78. The van der Waals surface area contributed by atoms with Crippen LogP contribution in [-0.2, 0) is 9.53 Å². The fourth-order valence-corrected chi connectivity index (χ4v) is 3.70. The fraction of sp³-hybridized carbons (Fsp3) is 0.941. The van der Waals surface area contributed by atoms with Gasteiger partial charge in [-0.3, -0.25) is 9.69 Å². The molecule has 2 unspecified atom stereocenters. The molecular formula is C17H32N2O2. The molecule has 21 heavy (non-hydrogen) atoms. The second kappa shape index (κ2) is 8.14. The van der Waals surface area contributed by atoms with Crippen molar-refractivity contribution in [1.82, 2.24) is 10.2 Å². The van der Waals surface area contributed by atoms with Gasteiger partial charge in [0.1, 0.15) is 0 Å². The van der Waals surface area contributed by atoms with Gasteiger partial charge in [0.25, 0.3) is 0 Å². The highest BCUT2D eigenvalue weighted by atomic mass is 16.5. The van der Waals surface area contributed by atoms with Crippen LogP contribution in [0.3, 0.4) is 0 Å². The Morgan fingerprint density at radius 1 is 1.19 bits per heavy atom. The minimum atomic E-state index is 0.203. The largest absolute Gasteiger partial charge is 0.381 e. The summed E-state index contributed by atoms with van der Waals surface area (Å²) in [7, 11) is 0. The van der Waals surface area contributed by atoms with Crippen molar-refractivity contribution in [3.05, 3.63) is 0 Å². The Balaban J connectivity index is 1.85. The van der Waals surface area contributed by atoms with Crippen LogP contribution in [0.15, 0.2) is 0 Å². The SMILES string of the molecule is CC1CCCCC1NC(=O)CN(C(C)C)C1CCOCC1. The summed E-state index contributed by atoms with van der Waals surface area (Å²) in [6.07, 6.45) is 7.05. The maximum absolute atomic E-state index is 12.4. The predicted molar refractivity (Wildman–Crippen MR) is 85.2 cm³/mol. The zero-order valence-electron chi connectivity index (χ0n) is 13.9. The molecule has 4 nitrogen and oxygen atoms in total. The van der Waals surface area contributed by atoms with E-state index in [1.807, 2.05) is 0 Å². The van der Waals surface area contributed by atoms with Crippen LogP contribution < -0.4 is 5.32 Å². The molecule has 1 heterocycles. The minimum Gasteiger partial charge on any atom is -0.381 e. The molecule has 122 valence electrons. The van der Waals surface area contributed by atoms with E-state index in [1.165, 1.54) is 19.3 Å². The van der Waals surface area contributed by atoms with E-state index < -0.39 is 0 Å². The van der Waals surface area contributed by atoms with E-state index in [1.54, 1.807) is 0 Å². The van der Waals surface area contributed by atoms with Gasteiger partial charge in [-0.05, 0) is 45.4 Å². The van der Waals surface area contributed by atoms with Gasteiger partial charge in [0.2, 0.25) is 5.91 Å². The van der Waals surface area contributed by atoms with Crippen molar-refractivity contribution in [1.29, 1.82) is 0 Å². The number of ether oxygens (including phenoxy) is 1. The smallest absolute Gasteiger partial charge is 0.234 e. The molecule has 0 aromatic carbocycles. The van der Waals surface area contributed by atoms with Gasteiger partial charge in [0.15, 0.2) is 0 Å². The molecule has 1 aliphatic heterocycles. The summed E-state index contributed by atoms with van der Waals surface area (Å²) in [6, 6.07) is 1.28. The van der Waals surface area contributed by atoms with E-state index in [4.69, 9.17) is 4.74 Å². The number of carbonyl (C=O) groups is 1. The molecule has 1 saturated heterocycles. The van der Waals surface area contributed by atoms with Crippen molar-refractivity contribution < 1.29 is 9.53 Å². The Morgan fingerprint density at radius 2 is 1.86 bits per heavy atom. The highest BCUT2D eigenvalue weighted by Gasteiger charge is 2.28. The van der Waals surface area contributed by atoms with Gasteiger partial charge in [-0.1, -0.05) is 19.8 Å². The van der Waals surface area contributed by atoms with Gasteiger partial charge < -0.3 is 10.1 Å². The molecule has 1 saturated carbocycles. The van der Waals surface area contributed by atoms with Gasteiger partial charge in [0, 0.05) is 31.3 Å². The Morgan fingerprint density at radius 3 is 2.48 bits per heavy atom. The van der Waals surface area contributed by atoms with E-state index in [-0.39, 0.29) is 5.91 Å². The quantitative estimate of drug-likeness (QED) is 0.848. The molecule has 0 bridgehead atoms. The van der Waals surface area contributed by atoms with Gasteiger partial charge in [-0.25, -0.2) is 0 Å². The molecular weight excluding hydrogens is 264 g/mol. The first-order valence-electron chi connectivity index (χ1n) is 8.70. The van der Waals surface area contributed by atoms with Crippen LogP contribution in [0.25, 0.3) is 0 Å². The third kappa shape index (κ3) is 4.96. The lowest BCUT2D eigenvalue weighted by atomic mass is 9.86. The topological polar surface area (TPSA) is 41.6 Å². The number of nitrogens with one attached hydrogen (secondary N) is 1. The highest BCUT2D eigenvalue weighted by Crippen LogP contribution is 2.24. The molecule has 1 amide bonds. The van der Waals surface area contributed by atoms with Gasteiger partial charge in [-0.2, -0.15) is 0 Å². The van der Waals surface area contributed by atoms with Gasteiger partial charge in [0.05, 0.1) is 6.54 Å². The molecule has 4 heteroatoms. The average Bonchev–Trinajstić information content (AvgIpc) is 2.48. The standard InChI is InChI=1S/C17H32N2O2/c1-13(2)19(15-8-10-21-11-9-15)12-17(20)18-16-7-5-4-6-14(16)3/h13-16H,4-12H2,1-3H3,(H,18,20). The summed E-state index contributed by atoms with van der Waals surface area (Å²) in [6.45, 7) is 8.83. The molecule has 1 aliphatic carbocycles. The zero-order valence-corrected chi connectivity index (χ0v) is 13.9. The number of nitrogens with zero attached hydrogens (tertiary/aromatic N) is 1. The lowest BCUT2D eigenvalue weighted by Crippen LogP contribution is -2.51. The third-order valence-electron chi connectivity index (χ3n) is 5.11. The van der Waals surface area contributed by atoms with E-state index in [9.17, 15) is 4.79 Å². The normalized spacial score (nSPS) is 28.0. The third-order valence-corrected chi connectivity index (χ3v) is 5.11. The number of hydrogen-bond donors (Lipinski definition) is 1. The minimum absolute atomic E-state index is 0.203. The van der Waals surface area contributed by atoms with Crippen LogP contribution in [0.2, 0.25) is 0 Å². The molecule has 0 radical (unpaired) electrons. The lowest BCUT2D eigenvalue weighted by molar-refractivity contribution is -0.125. The maximum Gasteiger partial charge on any atom is 0.234 e. The first kappa shape index (κ1) is 16.8. The fourth-order valence-electron chi connectivity index (χ4n) is 3.70. The van der Waals surface area contributed by atoms with E-state index in [2.05, 4.69) is 31.0 Å². The Bertz CT molecular complexity index is 327. The van der Waals surface area contributed by atoms with Crippen LogP contribution in [0.4, 0.5) is 0 Å². The van der Waals surface area contributed by atoms with Crippen molar-refractivity contribution >= 4 is 5.91 Å². The van der Waals surface area contributed by atoms with Gasteiger partial charge in [-0.15, -0.1) is 0 Å². The monoisotopic (exact) mass is 296 g/mol. The van der Waals surface area contributed by atoms with Crippen molar-refractivity contribution in [2.24, 2.45) is 5.92 Å². The zero-order chi connectivity index (χ0) is 15.2. The molecule has 0 spiro atoms. The molecule has 2 atom stereocenters. The summed E-state index contributed by atoms with van der Waals surface area (Å²) in [5.74, 6) is 0.826. The summed E-state index contributed by atoms with van der Waals surface area (Å²) < 4.78 is 5.44. The van der Waals surface area contributed by atoms with E-state index in [0.29, 0.717) is 30.6 Å². The van der Waals surface area contributed by atoms with Crippen molar-refractivity contribution in [3.63, 3.8) is 0 Å². The van der Waals surface area contributed by atoms with Crippen LogP contribution >= 0.6 is 0 Å². The number of hydrogen-bond acceptors (Lipinski definition) is 3. The molecule has 1 N–H and O–H groups in total. The summed E-state index contributed by atoms with van der Waals surface area (Å²) in [5, 5.41) is 3.28. The van der Waals surface area contributed by atoms with Crippen molar-refractivity contribution in [2.75, 3.05) is 19.8 Å². The molecule has 2 aliphatic rings. The van der Waals surface area contributed by atoms with Crippen LogP contribution in [0.5, 0.6) is 0 Å². The summed E-state index contributed by atoms with van der Waals surface area (Å²) in [5.41, 5.74) is 0. The van der Waals surface area contributed by atoms with Crippen LogP contribution in [0, 0.1) is 5.92 Å². The Hall–Kier alpha value is -0.610. The molecule has 2 fully saturated rings. The van der Waals surface area contributed by atoms with Crippen LogP contribution in [-0.4, -0.2) is 48.7 Å². The van der Waals surface area contributed by atoms with Crippen molar-refractivity contribution in [3.8, 4) is 0 Å². The lowest BCUT2D eigenvalue weighted by Gasteiger charge is -2.37. The Labute approximate surface area is 129 Å². The van der Waals surface area contributed by atoms with Crippen LogP contribution in [0.1, 0.15) is 59.3 Å². The van der Waals surface area contributed by atoms with E-state index >= 15 is 0 Å². The second-order valence-electron chi connectivity index (χ2n) is 7.05. The summed E-state index contributed by atoms with van der Waals surface area (Å²) >= 11 is 0.